The lowest BCUT2D eigenvalue weighted by atomic mass is 9.78. The fourth-order valence-corrected chi connectivity index (χ4v) is 3.98. The molecule has 0 aromatic heterocycles. The summed E-state index contributed by atoms with van der Waals surface area (Å²) in [6, 6.07) is 0. The highest BCUT2D eigenvalue weighted by atomic mass is 127. The van der Waals surface area contributed by atoms with Crippen molar-refractivity contribution in [2.45, 2.75) is 66.5 Å². The average molecular weight is 367 g/mol. The molecule has 3 heteroatoms. The van der Waals surface area contributed by atoms with Crippen molar-refractivity contribution < 1.29 is 4.43 Å². The van der Waals surface area contributed by atoms with Crippen LogP contribution in [0.1, 0.15) is 53.4 Å². The molecule has 0 amide bonds. The highest BCUT2D eigenvalue weighted by Gasteiger charge is 2.22. The van der Waals surface area contributed by atoms with E-state index in [0.29, 0.717) is 11.3 Å². The first-order valence-electron chi connectivity index (χ1n) is 6.62. The summed E-state index contributed by atoms with van der Waals surface area (Å²) in [5.41, 5.74) is 0.335. The van der Waals surface area contributed by atoms with Crippen LogP contribution in [-0.4, -0.2) is 9.04 Å². The van der Waals surface area contributed by atoms with E-state index in [1.165, 1.54) is 25.7 Å². The molecule has 0 N–H and O–H groups in total. The molecule has 0 aromatic rings. The number of allylic oxidation sites excluding steroid dienone is 1. The first-order valence-corrected chi connectivity index (χ1v) is 10.1. The molecule has 0 aromatic carbocycles. The molecule has 0 aliphatic heterocycles. The Morgan fingerprint density at radius 1 is 1.29 bits per heavy atom. The van der Waals surface area contributed by atoms with E-state index in [-0.39, 0.29) is 0 Å². The molecular formula is C14H28IOSi. The van der Waals surface area contributed by atoms with E-state index >= 15 is 0 Å². The Bertz CT molecular complexity index is 231. The highest BCUT2D eigenvalue weighted by molar-refractivity contribution is 14.1. The van der Waals surface area contributed by atoms with Gasteiger partial charge >= 0.3 is 0 Å². The van der Waals surface area contributed by atoms with Gasteiger partial charge in [-0.3, -0.25) is 0 Å². The Balaban J connectivity index is 4.48. The van der Waals surface area contributed by atoms with Crippen LogP contribution < -0.4 is 0 Å². The summed E-state index contributed by atoms with van der Waals surface area (Å²) in [5, 5.41) is 0. The minimum absolute atomic E-state index is 0.335. The van der Waals surface area contributed by atoms with Gasteiger partial charge in [0.2, 0.25) is 0 Å². The van der Waals surface area contributed by atoms with Gasteiger partial charge in [-0.25, -0.2) is 0 Å². The third kappa shape index (κ3) is 9.11. The lowest BCUT2D eigenvalue weighted by molar-refractivity contribution is 0.267. The standard InChI is InChI=1S/C14H28IOSi/c1-7-8-9-10-12(14(2,3)4)11-13(15)16-17(5)6/h11-12H,7-10H2,1-6H3. The molecule has 0 fully saturated rings. The third-order valence-electron chi connectivity index (χ3n) is 2.86. The zero-order valence-electron chi connectivity index (χ0n) is 12.3. The second-order valence-electron chi connectivity index (χ2n) is 5.95. The molecule has 0 saturated carbocycles. The fraction of sp³-hybridized carbons (Fsp3) is 0.857. The minimum Gasteiger partial charge on any atom is -0.539 e. The molecule has 101 valence electrons. The second kappa shape index (κ2) is 8.56. The number of rotatable bonds is 7. The summed E-state index contributed by atoms with van der Waals surface area (Å²) < 4.78 is 6.93. The summed E-state index contributed by atoms with van der Waals surface area (Å²) >= 11 is 2.34. The average Bonchev–Trinajstić information content (AvgIpc) is 2.13. The first-order chi connectivity index (χ1) is 7.77. The molecule has 1 atom stereocenters. The molecule has 0 aliphatic carbocycles. The second-order valence-corrected chi connectivity index (χ2v) is 9.03. The molecular weight excluding hydrogens is 339 g/mol. The van der Waals surface area contributed by atoms with Gasteiger partial charge < -0.3 is 4.43 Å². The molecule has 0 aliphatic rings. The van der Waals surface area contributed by atoms with Crippen LogP contribution in [-0.2, 0) is 4.43 Å². The van der Waals surface area contributed by atoms with Crippen molar-refractivity contribution in [2.24, 2.45) is 11.3 Å². The van der Waals surface area contributed by atoms with Gasteiger partial charge in [0.25, 0.3) is 9.04 Å². The summed E-state index contributed by atoms with van der Waals surface area (Å²) in [4.78, 5) is 0. The van der Waals surface area contributed by atoms with Crippen molar-refractivity contribution in [3.63, 3.8) is 0 Å². The van der Waals surface area contributed by atoms with Crippen LogP contribution in [0.5, 0.6) is 0 Å². The van der Waals surface area contributed by atoms with E-state index < -0.39 is 9.04 Å². The van der Waals surface area contributed by atoms with Crippen molar-refractivity contribution in [1.82, 2.24) is 0 Å². The maximum Gasteiger partial charge on any atom is 0.274 e. The maximum atomic E-state index is 5.83. The first kappa shape index (κ1) is 17.5. The smallest absolute Gasteiger partial charge is 0.274 e. The van der Waals surface area contributed by atoms with Crippen molar-refractivity contribution in [2.75, 3.05) is 0 Å². The van der Waals surface area contributed by atoms with E-state index in [1.54, 1.807) is 0 Å². The minimum atomic E-state index is -0.624. The SMILES string of the molecule is CCCCCC(C=C(I)O[Si](C)C)C(C)(C)C. The Morgan fingerprint density at radius 2 is 1.88 bits per heavy atom. The van der Waals surface area contributed by atoms with Gasteiger partial charge in [-0.15, -0.1) is 0 Å². The normalized spacial score (nSPS) is 15.2. The summed E-state index contributed by atoms with van der Waals surface area (Å²) in [6.45, 7) is 13.6. The van der Waals surface area contributed by atoms with Crippen LogP contribution in [0.25, 0.3) is 0 Å². The quantitative estimate of drug-likeness (QED) is 0.240. The molecule has 0 rings (SSSR count). The molecule has 1 nitrogen and oxygen atoms in total. The van der Waals surface area contributed by atoms with Crippen LogP contribution >= 0.6 is 22.6 Å². The van der Waals surface area contributed by atoms with Crippen molar-refractivity contribution >= 4 is 31.6 Å². The fourth-order valence-electron chi connectivity index (χ4n) is 1.77. The van der Waals surface area contributed by atoms with Gasteiger partial charge in [0, 0.05) is 0 Å². The Morgan fingerprint density at radius 3 is 2.29 bits per heavy atom. The van der Waals surface area contributed by atoms with Crippen LogP contribution in [0, 0.1) is 11.3 Å². The summed E-state index contributed by atoms with van der Waals surface area (Å²) in [6.07, 6.45) is 7.59. The van der Waals surface area contributed by atoms with Gasteiger partial charge in [0.05, 0.1) is 0 Å². The van der Waals surface area contributed by atoms with Crippen molar-refractivity contribution in [3.8, 4) is 0 Å². The van der Waals surface area contributed by atoms with E-state index in [1.807, 2.05) is 0 Å². The lowest BCUT2D eigenvalue weighted by Crippen LogP contribution is -2.19. The molecule has 0 spiro atoms. The maximum absolute atomic E-state index is 5.83. The van der Waals surface area contributed by atoms with Gasteiger partial charge in [0.1, 0.15) is 3.77 Å². The van der Waals surface area contributed by atoms with Crippen LogP contribution in [0.2, 0.25) is 13.1 Å². The molecule has 0 bridgehead atoms. The van der Waals surface area contributed by atoms with Crippen molar-refractivity contribution in [3.05, 3.63) is 9.84 Å². The molecule has 0 heterocycles. The molecule has 17 heavy (non-hydrogen) atoms. The number of unbranched alkanes of at least 4 members (excludes halogenated alkanes) is 2. The molecule has 0 saturated heterocycles. The van der Waals surface area contributed by atoms with E-state index in [9.17, 15) is 0 Å². The van der Waals surface area contributed by atoms with E-state index in [4.69, 9.17) is 4.43 Å². The molecule has 1 unspecified atom stereocenters. The lowest BCUT2D eigenvalue weighted by Gasteiger charge is -2.28. The zero-order valence-corrected chi connectivity index (χ0v) is 15.4. The van der Waals surface area contributed by atoms with Gasteiger partial charge in [0.15, 0.2) is 0 Å². The van der Waals surface area contributed by atoms with E-state index in [2.05, 4.69) is 69.5 Å². The monoisotopic (exact) mass is 367 g/mol. The van der Waals surface area contributed by atoms with Crippen LogP contribution in [0.4, 0.5) is 0 Å². The predicted molar refractivity (Wildman–Crippen MR) is 87.8 cm³/mol. The zero-order chi connectivity index (χ0) is 13.5. The Hall–Kier alpha value is 0.487. The van der Waals surface area contributed by atoms with Gasteiger partial charge in [-0.05, 0) is 59.5 Å². The van der Waals surface area contributed by atoms with Crippen LogP contribution in [0.3, 0.4) is 0 Å². The topological polar surface area (TPSA) is 9.23 Å². The number of halogens is 1. The summed E-state index contributed by atoms with van der Waals surface area (Å²) in [5.74, 6) is 0.627. The van der Waals surface area contributed by atoms with Crippen LogP contribution in [0.15, 0.2) is 9.84 Å². The number of hydrogen-bond acceptors (Lipinski definition) is 1. The number of hydrogen-bond donors (Lipinski definition) is 0. The predicted octanol–water partition coefficient (Wildman–Crippen LogP) is 5.77. The van der Waals surface area contributed by atoms with Gasteiger partial charge in [-0.2, -0.15) is 0 Å². The summed E-state index contributed by atoms with van der Waals surface area (Å²) in [7, 11) is -0.624. The highest BCUT2D eigenvalue weighted by Crippen LogP contribution is 2.33. The van der Waals surface area contributed by atoms with Crippen molar-refractivity contribution in [1.29, 1.82) is 0 Å². The van der Waals surface area contributed by atoms with Gasteiger partial charge in [-0.1, -0.05) is 47.0 Å². The Kier molecular flexibility index (Phi) is 8.81. The van der Waals surface area contributed by atoms with E-state index in [0.717, 1.165) is 3.77 Å². The molecule has 1 radical (unpaired) electrons. The Labute approximate surface area is 123 Å². The third-order valence-corrected chi connectivity index (χ3v) is 4.49. The largest absolute Gasteiger partial charge is 0.539 e.